The van der Waals surface area contributed by atoms with Crippen molar-refractivity contribution in [3.8, 4) is 0 Å². The Balaban J connectivity index is 1.94. The molecule has 2 rings (SSSR count). The first-order valence-electron chi connectivity index (χ1n) is 7.31. The Morgan fingerprint density at radius 1 is 1.42 bits per heavy atom. The summed E-state index contributed by atoms with van der Waals surface area (Å²) in [6.07, 6.45) is 4.96. The molecule has 1 aromatic rings. The van der Waals surface area contributed by atoms with Crippen molar-refractivity contribution in [1.29, 1.82) is 0 Å². The maximum absolute atomic E-state index is 13.2. The molecule has 19 heavy (non-hydrogen) atoms. The van der Waals surface area contributed by atoms with Gasteiger partial charge in [0.25, 0.3) is 0 Å². The molecule has 1 saturated heterocycles. The monoisotopic (exact) mass is 264 g/mol. The van der Waals surface area contributed by atoms with Gasteiger partial charge in [-0.1, -0.05) is 25.5 Å². The lowest BCUT2D eigenvalue weighted by Gasteiger charge is -2.34. The molecule has 1 fully saturated rings. The van der Waals surface area contributed by atoms with E-state index in [4.69, 9.17) is 0 Å². The summed E-state index contributed by atoms with van der Waals surface area (Å²) in [5.74, 6) is -0.145. The van der Waals surface area contributed by atoms with Gasteiger partial charge in [-0.05, 0) is 50.6 Å². The maximum atomic E-state index is 13.2. The highest BCUT2D eigenvalue weighted by molar-refractivity contribution is 5.16. The summed E-state index contributed by atoms with van der Waals surface area (Å²) < 4.78 is 13.2. The Morgan fingerprint density at radius 3 is 2.89 bits per heavy atom. The second-order valence-corrected chi connectivity index (χ2v) is 5.86. The molecule has 1 heterocycles. The van der Waals surface area contributed by atoms with Gasteiger partial charge in [0.15, 0.2) is 0 Å². The van der Waals surface area contributed by atoms with Crippen molar-refractivity contribution in [1.82, 2.24) is 10.2 Å². The molecule has 0 radical (unpaired) electrons. The second kappa shape index (κ2) is 6.49. The third-order valence-electron chi connectivity index (χ3n) is 3.97. The van der Waals surface area contributed by atoms with Gasteiger partial charge >= 0.3 is 0 Å². The fourth-order valence-corrected chi connectivity index (χ4v) is 3.29. The number of rotatable bonds is 6. The highest BCUT2D eigenvalue weighted by Gasteiger charge is 2.33. The first-order valence-corrected chi connectivity index (χ1v) is 7.31. The quantitative estimate of drug-likeness (QED) is 0.849. The molecule has 0 bridgehead atoms. The van der Waals surface area contributed by atoms with Crippen LogP contribution in [0.4, 0.5) is 4.39 Å². The largest absolute Gasteiger partial charge is 0.310 e. The molecule has 0 amide bonds. The van der Waals surface area contributed by atoms with Crippen LogP contribution in [0.3, 0.4) is 0 Å². The third kappa shape index (κ3) is 4.02. The summed E-state index contributed by atoms with van der Waals surface area (Å²) in [6.45, 7) is 5.23. The SMILES string of the molecule is CCCC1(CN(C)Cc2cccc(F)c2)CCCN1. The number of likely N-dealkylation sites (N-methyl/N-ethyl adjacent to an activating group) is 1. The molecule has 106 valence electrons. The van der Waals surface area contributed by atoms with E-state index in [2.05, 4.69) is 24.2 Å². The molecular formula is C16H25FN2. The van der Waals surface area contributed by atoms with Gasteiger partial charge in [-0.25, -0.2) is 4.39 Å². The van der Waals surface area contributed by atoms with Gasteiger partial charge in [0.1, 0.15) is 5.82 Å². The van der Waals surface area contributed by atoms with E-state index in [1.165, 1.54) is 31.7 Å². The number of halogens is 1. The van der Waals surface area contributed by atoms with Gasteiger partial charge in [-0.15, -0.1) is 0 Å². The van der Waals surface area contributed by atoms with Crippen molar-refractivity contribution >= 4 is 0 Å². The van der Waals surface area contributed by atoms with Crippen LogP contribution in [-0.2, 0) is 6.54 Å². The minimum atomic E-state index is -0.145. The van der Waals surface area contributed by atoms with Crippen LogP contribution in [0, 0.1) is 5.82 Å². The smallest absolute Gasteiger partial charge is 0.123 e. The van der Waals surface area contributed by atoms with Gasteiger partial charge in [0.05, 0.1) is 0 Å². The van der Waals surface area contributed by atoms with E-state index in [0.29, 0.717) is 0 Å². The maximum Gasteiger partial charge on any atom is 0.123 e. The van der Waals surface area contributed by atoms with Crippen LogP contribution in [0.2, 0.25) is 0 Å². The van der Waals surface area contributed by atoms with Crippen LogP contribution in [-0.4, -0.2) is 30.6 Å². The van der Waals surface area contributed by atoms with E-state index < -0.39 is 0 Å². The fourth-order valence-electron chi connectivity index (χ4n) is 3.29. The lowest BCUT2D eigenvalue weighted by atomic mass is 9.91. The molecule has 0 saturated carbocycles. The molecule has 1 aliphatic heterocycles. The molecule has 1 atom stereocenters. The van der Waals surface area contributed by atoms with Crippen molar-refractivity contribution in [2.75, 3.05) is 20.1 Å². The van der Waals surface area contributed by atoms with E-state index >= 15 is 0 Å². The second-order valence-electron chi connectivity index (χ2n) is 5.86. The number of hydrogen-bond acceptors (Lipinski definition) is 2. The zero-order valence-corrected chi connectivity index (χ0v) is 12.1. The average Bonchev–Trinajstić information content (AvgIpc) is 2.77. The standard InChI is InChI=1S/C16H25FN2/c1-3-8-16(9-5-10-18-16)13-19(2)12-14-6-4-7-15(17)11-14/h4,6-7,11,18H,3,5,8-10,12-13H2,1-2H3. The molecule has 1 aliphatic rings. The number of hydrogen-bond donors (Lipinski definition) is 1. The highest BCUT2D eigenvalue weighted by Crippen LogP contribution is 2.26. The van der Waals surface area contributed by atoms with E-state index in [1.807, 2.05) is 6.07 Å². The normalized spacial score (nSPS) is 23.2. The minimum absolute atomic E-state index is 0.145. The van der Waals surface area contributed by atoms with Crippen molar-refractivity contribution < 1.29 is 4.39 Å². The molecule has 1 N–H and O–H groups in total. The first kappa shape index (κ1) is 14.5. The molecule has 0 aromatic heterocycles. The highest BCUT2D eigenvalue weighted by atomic mass is 19.1. The Bertz CT molecular complexity index is 399. The summed E-state index contributed by atoms with van der Waals surface area (Å²) in [5.41, 5.74) is 1.32. The van der Waals surface area contributed by atoms with E-state index in [0.717, 1.165) is 25.2 Å². The first-order chi connectivity index (χ1) is 9.13. The summed E-state index contributed by atoms with van der Waals surface area (Å²) in [5, 5.41) is 3.68. The van der Waals surface area contributed by atoms with E-state index in [9.17, 15) is 4.39 Å². The third-order valence-corrected chi connectivity index (χ3v) is 3.97. The van der Waals surface area contributed by atoms with Gasteiger partial charge in [-0.3, -0.25) is 0 Å². The van der Waals surface area contributed by atoms with Crippen molar-refractivity contribution in [2.45, 2.75) is 44.7 Å². The lowest BCUT2D eigenvalue weighted by Crippen LogP contribution is -2.48. The topological polar surface area (TPSA) is 15.3 Å². The van der Waals surface area contributed by atoms with E-state index in [1.54, 1.807) is 12.1 Å². The summed E-state index contributed by atoms with van der Waals surface area (Å²) >= 11 is 0. The lowest BCUT2D eigenvalue weighted by molar-refractivity contribution is 0.207. The van der Waals surface area contributed by atoms with Crippen LogP contribution < -0.4 is 5.32 Å². The van der Waals surface area contributed by atoms with Crippen LogP contribution in [0.1, 0.15) is 38.2 Å². The van der Waals surface area contributed by atoms with Crippen LogP contribution in [0.5, 0.6) is 0 Å². The number of nitrogens with zero attached hydrogens (tertiary/aromatic N) is 1. The Hall–Kier alpha value is -0.930. The zero-order chi connectivity index (χ0) is 13.7. The summed E-state index contributed by atoms with van der Waals surface area (Å²) in [7, 11) is 2.13. The Morgan fingerprint density at radius 2 is 2.26 bits per heavy atom. The fraction of sp³-hybridized carbons (Fsp3) is 0.625. The van der Waals surface area contributed by atoms with Crippen molar-refractivity contribution in [3.63, 3.8) is 0 Å². The Kier molecular flexibility index (Phi) is 4.94. The van der Waals surface area contributed by atoms with Crippen molar-refractivity contribution in [3.05, 3.63) is 35.6 Å². The van der Waals surface area contributed by atoms with Gasteiger partial charge in [-0.2, -0.15) is 0 Å². The average molecular weight is 264 g/mol. The van der Waals surface area contributed by atoms with Crippen molar-refractivity contribution in [2.24, 2.45) is 0 Å². The van der Waals surface area contributed by atoms with Gasteiger partial charge in [0.2, 0.25) is 0 Å². The van der Waals surface area contributed by atoms with Gasteiger partial charge < -0.3 is 10.2 Å². The Labute approximate surface area is 116 Å². The van der Waals surface area contributed by atoms with Gasteiger partial charge in [0, 0.05) is 18.6 Å². The summed E-state index contributed by atoms with van der Waals surface area (Å²) in [4.78, 5) is 2.31. The number of nitrogens with one attached hydrogen (secondary N) is 1. The van der Waals surface area contributed by atoms with Crippen LogP contribution in [0.25, 0.3) is 0 Å². The molecule has 2 nitrogen and oxygen atoms in total. The van der Waals surface area contributed by atoms with Crippen LogP contribution in [0.15, 0.2) is 24.3 Å². The predicted octanol–water partition coefficient (Wildman–Crippen LogP) is 3.18. The summed E-state index contributed by atoms with van der Waals surface area (Å²) in [6, 6.07) is 6.91. The molecule has 1 unspecified atom stereocenters. The van der Waals surface area contributed by atoms with Crippen LogP contribution >= 0.6 is 0 Å². The van der Waals surface area contributed by atoms with E-state index in [-0.39, 0.29) is 11.4 Å². The number of benzene rings is 1. The molecule has 0 aliphatic carbocycles. The zero-order valence-electron chi connectivity index (χ0n) is 12.1. The molecule has 3 heteroatoms. The molecule has 0 spiro atoms. The predicted molar refractivity (Wildman–Crippen MR) is 77.6 cm³/mol. The molecule has 1 aromatic carbocycles. The minimum Gasteiger partial charge on any atom is -0.310 e. The molecular weight excluding hydrogens is 239 g/mol.